The number of aliphatic hydroxyl groups is 1. The van der Waals surface area contributed by atoms with Crippen LogP contribution in [0.2, 0.25) is 0 Å². The van der Waals surface area contributed by atoms with Crippen molar-refractivity contribution in [2.75, 3.05) is 13.7 Å². The van der Waals surface area contributed by atoms with Crippen LogP contribution in [-0.2, 0) is 24.3 Å². The Morgan fingerprint density at radius 2 is 2.43 bits per heavy atom. The van der Waals surface area contributed by atoms with Gasteiger partial charge in [0.15, 0.2) is 0 Å². The van der Waals surface area contributed by atoms with Crippen LogP contribution in [0.25, 0.3) is 0 Å². The van der Waals surface area contributed by atoms with Crippen molar-refractivity contribution in [2.24, 2.45) is 0 Å². The molecule has 1 N–H and O–H groups in total. The van der Waals surface area contributed by atoms with Gasteiger partial charge in [0.1, 0.15) is 5.69 Å². The molecule has 0 radical (unpaired) electrons. The lowest BCUT2D eigenvalue weighted by Crippen LogP contribution is -2.09. The highest BCUT2D eigenvalue weighted by molar-refractivity contribution is 5.13. The Hall–Kier alpha value is -1.45. The zero-order valence-corrected chi connectivity index (χ0v) is 7.97. The first-order valence-electron chi connectivity index (χ1n) is 4.21. The molecule has 14 heavy (non-hydrogen) atoms. The second-order valence-electron chi connectivity index (χ2n) is 2.70. The molecular formula is C8H12N4O2. The topological polar surface area (TPSA) is 84.0 Å². The molecule has 0 amide bonds. The minimum atomic E-state index is -0.00787. The fourth-order valence-electron chi connectivity index (χ4n) is 1.15. The van der Waals surface area contributed by atoms with E-state index in [-0.39, 0.29) is 13.0 Å². The van der Waals surface area contributed by atoms with Crippen LogP contribution >= 0.6 is 0 Å². The van der Waals surface area contributed by atoms with Crippen LogP contribution in [0.5, 0.6) is 0 Å². The lowest BCUT2D eigenvalue weighted by atomic mass is 10.2. The summed E-state index contributed by atoms with van der Waals surface area (Å²) in [5.41, 5.74) is 1.37. The van der Waals surface area contributed by atoms with Crippen LogP contribution in [-0.4, -0.2) is 33.8 Å². The number of hydrogen-bond acceptors (Lipinski definition) is 5. The number of methoxy groups -OCH3 is 1. The van der Waals surface area contributed by atoms with Gasteiger partial charge in [0.25, 0.3) is 0 Å². The number of aromatic nitrogens is 3. The van der Waals surface area contributed by atoms with Crippen LogP contribution in [0.1, 0.15) is 11.4 Å². The fourth-order valence-corrected chi connectivity index (χ4v) is 1.15. The van der Waals surface area contributed by atoms with Crippen molar-refractivity contribution < 1.29 is 9.84 Å². The molecule has 0 aromatic carbocycles. The van der Waals surface area contributed by atoms with Crippen molar-refractivity contribution in [3.63, 3.8) is 0 Å². The van der Waals surface area contributed by atoms with Gasteiger partial charge < -0.3 is 9.84 Å². The average Bonchev–Trinajstić information content (AvgIpc) is 2.52. The summed E-state index contributed by atoms with van der Waals surface area (Å²) in [5.74, 6) is 0. The molecule has 0 saturated carbocycles. The predicted octanol–water partition coefficient (Wildman–Crippen LogP) is -0.517. The first-order chi connectivity index (χ1) is 6.83. The third-order valence-electron chi connectivity index (χ3n) is 1.76. The zero-order chi connectivity index (χ0) is 10.4. The highest BCUT2D eigenvalue weighted by Crippen LogP contribution is 2.07. The summed E-state index contributed by atoms with van der Waals surface area (Å²) in [4.78, 5) is 0. The van der Waals surface area contributed by atoms with Crippen molar-refractivity contribution >= 4 is 0 Å². The highest BCUT2D eigenvalue weighted by Gasteiger charge is 2.11. The van der Waals surface area contributed by atoms with E-state index in [2.05, 4.69) is 10.3 Å². The van der Waals surface area contributed by atoms with E-state index >= 15 is 0 Å². The molecular weight excluding hydrogens is 184 g/mol. The molecule has 1 heterocycles. The summed E-state index contributed by atoms with van der Waals surface area (Å²) in [7, 11) is 1.56. The summed E-state index contributed by atoms with van der Waals surface area (Å²) in [5, 5.41) is 25.0. The Balaban J connectivity index is 2.89. The van der Waals surface area contributed by atoms with E-state index in [1.54, 1.807) is 11.8 Å². The van der Waals surface area contributed by atoms with Gasteiger partial charge in [0.2, 0.25) is 0 Å². The van der Waals surface area contributed by atoms with Gasteiger partial charge in [-0.1, -0.05) is 5.21 Å². The first kappa shape index (κ1) is 10.6. The van der Waals surface area contributed by atoms with Crippen LogP contribution in [0.4, 0.5) is 0 Å². The van der Waals surface area contributed by atoms with E-state index in [1.165, 1.54) is 0 Å². The van der Waals surface area contributed by atoms with Crippen LogP contribution in [0.3, 0.4) is 0 Å². The molecule has 0 bridgehead atoms. The number of nitrogens with zero attached hydrogens (tertiary/aromatic N) is 4. The van der Waals surface area contributed by atoms with Crippen molar-refractivity contribution in [1.82, 2.24) is 15.0 Å². The Labute approximate surface area is 81.7 Å². The summed E-state index contributed by atoms with van der Waals surface area (Å²) in [6.07, 6.45) is 0.212. The minimum Gasteiger partial charge on any atom is -0.394 e. The summed E-state index contributed by atoms with van der Waals surface area (Å²) >= 11 is 0. The number of nitriles is 1. The van der Waals surface area contributed by atoms with Crippen LogP contribution < -0.4 is 0 Å². The summed E-state index contributed by atoms with van der Waals surface area (Å²) in [6, 6.07) is 2.00. The van der Waals surface area contributed by atoms with E-state index < -0.39 is 0 Å². The van der Waals surface area contributed by atoms with Crippen LogP contribution in [0.15, 0.2) is 0 Å². The van der Waals surface area contributed by atoms with E-state index in [0.717, 1.165) is 5.69 Å². The molecule has 0 aliphatic heterocycles. The monoisotopic (exact) mass is 196 g/mol. The molecule has 0 aliphatic carbocycles. The van der Waals surface area contributed by atoms with Gasteiger partial charge >= 0.3 is 0 Å². The van der Waals surface area contributed by atoms with E-state index in [9.17, 15) is 0 Å². The molecule has 0 spiro atoms. The second-order valence-corrected chi connectivity index (χ2v) is 2.70. The number of aliphatic hydroxyl groups excluding tert-OH is 1. The van der Waals surface area contributed by atoms with Gasteiger partial charge in [-0.05, 0) is 0 Å². The molecule has 0 saturated heterocycles. The lowest BCUT2D eigenvalue weighted by Gasteiger charge is -2.03. The smallest absolute Gasteiger partial charge is 0.102 e. The molecule has 0 atom stereocenters. The van der Waals surface area contributed by atoms with E-state index in [4.69, 9.17) is 15.1 Å². The van der Waals surface area contributed by atoms with E-state index in [1.807, 2.05) is 6.07 Å². The van der Waals surface area contributed by atoms with Gasteiger partial charge in [-0.2, -0.15) is 5.26 Å². The maximum absolute atomic E-state index is 8.76. The Morgan fingerprint density at radius 1 is 1.64 bits per heavy atom. The van der Waals surface area contributed by atoms with Gasteiger partial charge in [0, 0.05) is 7.11 Å². The molecule has 0 fully saturated rings. The third-order valence-corrected chi connectivity index (χ3v) is 1.76. The molecule has 0 unspecified atom stereocenters. The summed E-state index contributed by atoms with van der Waals surface area (Å²) < 4.78 is 6.52. The SMILES string of the molecule is COCc1c(CC#N)nnn1CCO. The van der Waals surface area contributed by atoms with Gasteiger partial charge in [-0.25, -0.2) is 4.68 Å². The standard InChI is InChI=1S/C8H12N4O2/c1-14-6-8-7(2-3-9)10-11-12(8)4-5-13/h13H,2,4-6H2,1H3. The van der Waals surface area contributed by atoms with Gasteiger partial charge in [-0.3, -0.25) is 0 Å². The lowest BCUT2D eigenvalue weighted by molar-refractivity contribution is 0.172. The van der Waals surface area contributed by atoms with Crippen molar-refractivity contribution in [1.29, 1.82) is 5.26 Å². The minimum absolute atomic E-state index is 0.00787. The Kier molecular flexibility index (Phi) is 4.04. The predicted molar refractivity (Wildman–Crippen MR) is 47.1 cm³/mol. The average molecular weight is 196 g/mol. The molecule has 1 rings (SSSR count). The van der Waals surface area contributed by atoms with Crippen molar-refractivity contribution in [2.45, 2.75) is 19.6 Å². The third kappa shape index (κ3) is 2.28. The maximum atomic E-state index is 8.76. The molecule has 1 aromatic heterocycles. The fraction of sp³-hybridized carbons (Fsp3) is 0.625. The molecule has 76 valence electrons. The first-order valence-corrected chi connectivity index (χ1v) is 4.21. The summed E-state index contributed by atoms with van der Waals surface area (Å²) in [6.45, 7) is 0.715. The quantitative estimate of drug-likeness (QED) is 0.685. The number of hydrogen-bond donors (Lipinski definition) is 1. The molecule has 1 aromatic rings. The molecule has 6 heteroatoms. The molecule has 0 aliphatic rings. The van der Waals surface area contributed by atoms with Gasteiger partial charge in [0.05, 0.1) is 37.9 Å². The largest absolute Gasteiger partial charge is 0.394 e. The zero-order valence-electron chi connectivity index (χ0n) is 7.97. The normalized spacial score (nSPS) is 10.1. The molecule has 6 nitrogen and oxygen atoms in total. The highest BCUT2D eigenvalue weighted by atomic mass is 16.5. The van der Waals surface area contributed by atoms with Crippen LogP contribution in [0, 0.1) is 11.3 Å². The second kappa shape index (κ2) is 5.32. The van der Waals surface area contributed by atoms with E-state index in [0.29, 0.717) is 18.8 Å². The number of rotatable bonds is 5. The Morgan fingerprint density at radius 3 is 3.00 bits per heavy atom. The Bertz CT molecular complexity index is 329. The van der Waals surface area contributed by atoms with Crippen molar-refractivity contribution in [3.05, 3.63) is 11.4 Å². The number of ether oxygens (including phenoxy) is 1. The van der Waals surface area contributed by atoms with Gasteiger partial charge in [-0.15, -0.1) is 5.10 Å². The van der Waals surface area contributed by atoms with Crippen molar-refractivity contribution in [3.8, 4) is 6.07 Å². The maximum Gasteiger partial charge on any atom is 0.102 e.